The normalized spacial score (nSPS) is 15.0. The molecule has 1 aromatic carbocycles. The molecule has 0 saturated heterocycles. The van der Waals surface area contributed by atoms with Gasteiger partial charge in [0, 0.05) is 5.02 Å². The molecule has 0 aromatic heterocycles. The van der Waals surface area contributed by atoms with Gasteiger partial charge in [-0.15, -0.1) is 0 Å². The van der Waals surface area contributed by atoms with E-state index in [0.29, 0.717) is 5.02 Å². The second-order valence-electron chi connectivity index (χ2n) is 5.63. The molecule has 2 atom stereocenters. The van der Waals surface area contributed by atoms with E-state index in [9.17, 15) is 4.79 Å². The van der Waals surface area contributed by atoms with Crippen molar-refractivity contribution >= 4 is 17.5 Å². The predicted octanol–water partition coefficient (Wildman–Crippen LogP) is 2.89. The maximum absolute atomic E-state index is 12.0. The average molecular weight is 269 g/mol. The molecule has 1 rings (SSSR count). The SMILES string of the molecule is C[C@H](NC(=O)C(N)C(C)(C)C)c1cccc(Cl)c1. The summed E-state index contributed by atoms with van der Waals surface area (Å²) in [4.78, 5) is 12.0. The van der Waals surface area contributed by atoms with Gasteiger partial charge in [-0.05, 0) is 30.0 Å². The summed E-state index contributed by atoms with van der Waals surface area (Å²) in [5, 5.41) is 3.57. The molecule has 3 N–H and O–H groups in total. The lowest BCUT2D eigenvalue weighted by Gasteiger charge is -2.27. The number of nitrogens with two attached hydrogens (primary N) is 1. The molecule has 0 fully saturated rings. The summed E-state index contributed by atoms with van der Waals surface area (Å²) in [5.74, 6) is -0.144. The van der Waals surface area contributed by atoms with Gasteiger partial charge >= 0.3 is 0 Å². The van der Waals surface area contributed by atoms with E-state index >= 15 is 0 Å². The topological polar surface area (TPSA) is 55.1 Å². The lowest BCUT2D eigenvalue weighted by molar-refractivity contribution is -0.125. The predicted molar refractivity (Wildman–Crippen MR) is 75.4 cm³/mol. The lowest BCUT2D eigenvalue weighted by atomic mass is 9.86. The molecule has 100 valence electrons. The van der Waals surface area contributed by atoms with Crippen LogP contribution in [-0.2, 0) is 4.79 Å². The van der Waals surface area contributed by atoms with Crippen LogP contribution in [0, 0.1) is 5.41 Å². The Morgan fingerprint density at radius 3 is 2.50 bits per heavy atom. The minimum absolute atomic E-state index is 0.107. The van der Waals surface area contributed by atoms with Crippen molar-refractivity contribution in [3.8, 4) is 0 Å². The van der Waals surface area contributed by atoms with Crippen LogP contribution in [0.25, 0.3) is 0 Å². The summed E-state index contributed by atoms with van der Waals surface area (Å²) in [6.07, 6.45) is 0. The zero-order chi connectivity index (χ0) is 13.9. The molecule has 0 saturated carbocycles. The second kappa shape index (κ2) is 5.72. The summed E-state index contributed by atoms with van der Waals surface area (Å²) in [7, 11) is 0. The highest BCUT2D eigenvalue weighted by Crippen LogP contribution is 2.20. The monoisotopic (exact) mass is 268 g/mol. The van der Waals surface area contributed by atoms with Gasteiger partial charge in [-0.1, -0.05) is 44.5 Å². The third-order valence-corrected chi connectivity index (χ3v) is 3.16. The van der Waals surface area contributed by atoms with Crippen LogP contribution in [0.15, 0.2) is 24.3 Å². The number of nitrogens with one attached hydrogen (secondary N) is 1. The molecule has 0 heterocycles. The van der Waals surface area contributed by atoms with Gasteiger partial charge in [-0.3, -0.25) is 4.79 Å². The summed E-state index contributed by atoms with van der Waals surface area (Å²) < 4.78 is 0. The van der Waals surface area contributed by atoms with Crippen LogP contribution in [0.2, 0.25) is 5.02 Å². The van der Waals surface area contributed by atoms with Crippen molar-refractivity contribution in [1.29, 1.82) is 0 Å². The Morgan fingerprint density at radius 1 is 1.39 bits per heavy atom. The van der Waals surface area contributed by atoms with Gasteiger partial charge in [-0.2, -0.15) is 0 Å². The molecule has 3 nitrogen and oxygen atoms in total. The Kier molecular flexibility index (Phi) is 4.77. The smallest absolute Gasteiger partial charge is 0.237 e. The molecule has 0 spiro atoms. The molecule has 0 aliphatic heterocycles. The Balaban J connectivity index is 2.71. The molecule has 0 radical (unpaired) electrons. The summed E-state index contributed by atoms with van der Waals surface area (Å²) >= 11 is 5.92. The number of halogens is 1. The van der Waals surface area contributed by atoms with Gasteiger partial charge < -0.3 is 11.1 Å². The highest BCUT2D eigenvalue weighted by atomic mass is 35.5. The number of hydrogen-bond donors (Lipinski definition) is 2. The number of hydrogen-bond acceptors (Lipinski definition) is 2. The molecular formula is C14H21ClN2O. The van der Waals surface area contributed by atoms with Crippen LogP contribution >= 0.6 is 11.6 Å². The number of carbonyl (C=O) groups excluding carboxylic acids is 1. The van der Waals surface area contributed by atoms with Gasteiger partial charge in [0.2, 0.25) is 5.91 Å². The van der Waals surface area contributed by atoms with Crippen molar-refractivity contribution in [1.82, 2.24) is 5.32 Å². The van der Waals surface area contributed by atoms with Crippen LogP contribution in [0.1, 0.15) is 39.3 Å². The van der Waals surface area contributed by atoms with Crippen LogP contribution in [0.5, 0.6) is 0 Å². The van der Waals surface area contributed by atoms with Gasteiger partial charge in [-0.25, -0.2) is 0 Å². The van der Waals surface area contributed by atoms with E-state index in [4.69, 9.17) is 17.3 Å². The van der Waals surface area contributed by atoms with E-state index in [-0.39, 0.29) is 17.4 Å². The zero-order valence-corrected chi connectivity index (χ0v) is 12.1. The van der Waals surface area contributed by atoms with E-state index in [1.165, 1.54) is 0 Å². The van der Waals surface area contributed by atoms with Crippen molar-refractivity contribution in [2.45, 2.75) is 39.8 Å². The van der Waals surface area contributed by atoms with Crippen LogP contribution < -0.4 is 11.1 Å². The quantitative estimate of drug-likeness (QED) is 0.886. The molecule has 18 heavy (non-hydrogen) atoms. The minimum atomic E-state index is -0.529. The van der Waals surface area contributed by atoms with Crippen LogP contribution in [0.3, 0.4) is 0 Å². The number of rotatable bonds is 3. The van der Waals surface area contributed by atoms with E-state index < -0.39 is 6.04 Å². The molecule has 0 bridgehead atoms. The van der Waals surface area contributed by atoms with E-state index in [1.807, 2.05) is 45.9 Å². The highest BCUT2D eigenvalue weighted by molar-refractivity contribution is 6.30. The van der Waals surface area contributed by atoms with Gasteiger partial charge in [0.15, 0.2) is 0 Å². The second-order valence-corrected chi connectivity index (χ2v) is 6.07. The van der Waals surface area contributed by atoms with Crippen molar-refractivity contribution in [3.05, 3.63) is 34.9 Å². The molecule has 1 aromatic rings. The van der Waals surface area contributed by atoms with Gasteiger partial charge in [0.05, 0.1) is 12.1 Å². The molecule has 4 heteroatoms. The van der Waals surface area contributed by atoms with Gasteiger partial charge in [0.1, 0.15) is 0 Å². The molecule has 1 amide bonds. The van der Waals surface area contributed by atoms with E-state index in [0.717, 1.165) is 5.56 Å². The zero-order valence-electron chi connectivity index (χ0n) is 11.3. The summed E-state index contributed by atoms with van der Waals surface area (Å²) in [6, 6.07) is 6.81. The Morgan fingerprint density at radius 2 is 2.00 bits per heavy atom. The Bertz CT molecular complexity index is 426. The molecule has 0 aliphatic rings. The first kappa shape index (κ1) is 15.0. The fourth-order valence-electron chi connectivity index (χ4n) is 1.56. The fourth-order valence-corrected chi connectivity index (χ4v) is 1.75. The maximum atomic E-state index is 12.0. The Hall–Kier alpha value is -1.06. The van der Waals surface area contributed by atoms with Crippen LogP contribution in [-0.4, -0.2) is 11.9 Å². The molecular weight excluding hydrogens is 248 g/mol. The standard InChI is InChI=1S/C14H21ClN2O/c1-9(10-6-5-7-11(15)8-10)17-13(18)12(16)14(2,3)4/h5-9,12H,16H2,1-4H3,(H,17,18)/t9-,12?/m0/s1. The van der Waals surface area contributed by atoms with Crippen molar-refractivity contribution in [2.24, 2.45) is 11.1 Å². The van der Waals surface area contributed by atoms with Crippen molar-refractivity contribution in [3.63, 3.8) is 0 Å². The van der Waals surface area contributed by atoms with E-state index in [1.54, 1.807) is 6.07 Å². The van der Waals surface area contributed by atoms with Gasteiger partial charge in [0.25, 0.3) is 0 Å². The highest BCUT2D eigenvalue weighted by Gasteiger charge is 2.28. The average Bonchev–Trinajstić information content (AvgIpc) is 2.26. The number of carbonyl (C=O) groups is 1. The first-order valence-electron chi connectivity index (χ1n) is 6.03. The number of amides is 1. The first-order chi connectivity index (χ1) is 8.21. The van der Waals surface area contributed by atoms with Crippen molar-refractivity contribution in [2.75, 3.05) is 0 Å². The Labute approximate surface area is 114 Å². The molecule has 1 unspecified atom stereocenters. The summed E-state index contributed by atoms with van der Waals surface area (Å²) in [6.45, 7) is 7.75. The van der Waals surface area contributed by atoms with E-state index in [2.05, 4.69) is 5.32 Å². The third-order valence-electron chi connectivity index (χ3n) is 2.92. The van der Waals surface area contributed by atoms with Crippen LogP contribution in [0.4, 0.5) is 0 Å². The third kappa shape index (κ3) is 4.00. The summed E-state index contributed by atoms with van der Waals surface area (Å²) in [5.41, 5.74) is 6.63. The number of benzene rings is 1. The van der Waals surface area contributed by atoms with Crippen molar-refractivity contribution < 1.29 is 4.79 Å². The minimum Gasteiger partial charge on any atom is -0.348 e. The molecule has 0 aliphatic carbocycles. The fraction of sp³-hybridized carbons (Fsp3) is 0.500. The largest absolute Gasteiger partial charge is 0.348 e. The maximum Gasteiger partial charge on any atom is 0.237 e. The lowest BCUT2D eigenvalue weighted by Crippen LogP contribution is -2.49. The first-order valence-corrected chi connectivity index (χ1v) is 6.41.